The van der Waals surface area contributed by atoms with E-state index >= 15 is 0 Å². The van der Waals surface area contributed by atoms with E-state index in [1.807, 2.05) is 42.5 Å². The SMILES string of the molecule is CC(=O)Nc1cc(F)cc(C(=O)N2CCN(C(=O)c3ccc(O[C@H]4CCN(C#N)C4)c(C4CCCCC4)c3)C(C(=O)NCc3ccccc3)C2)c1. The van der Waals surface area contributed by atoms with Crippen LogP contribution in [0.25, 0.3) is 0 Å². The molecule has 11 nitrogen and oxygen atoms in total. The van der Waals surface area contributed by atoms with Crippen LogP contribution in [0.5, 0.6) is 5.75 Å². The van der Waals surface area contributed by atoms with Crippen LogP contribution < -0.4 is 15.4 Å². The fourth-order valence-corrected chi connectivity index (χ4v) is 7.29. The predicted octanol–water partition coefficient (Wildman–Crippen LogP) is 5.05. The molecule has 12 heteroatoms. The Kier molecular flexibility index (Phi) is 11.1. The first-order chi connectivity index (χ1) is 24.7. The molecule has 1 unspecified atom stereocenters. The molecule has 2 N–H and O–H groups in total. The summed E-state index contributed by atoms with van der Waals surface area (Å²) in [5, 5.41) is 14.8. The quantitative estimate of drug-likeness (QED) is 0.300. The molecule has 2 aliphatic heterocycles. The number of hydrogen-bond acceptors (Lipinski definition) is 7. The van der Waals surface area contributed by atoms with E-state index in [1.54, 1.807) is 11.0 Å². The predicted molar refractivity (Wildman–Crippen MR) is 188 cm³/mol. The van der Waals surface area contributed by atoms with Crippen molar-refractivity contribution in [2.75, 3.05) is 38.0 Å². The van der Waals surface area contributed by atoms with Crippen LogP contribution in [0.2, 0.25) is 0 Å². The average molecular weight is 695 g/mol. The minimum absolute atomic E-state index is 0.0230. The number of nitriles is 1. The Morgan fingerprint density at radius 2 is 1.67 bits per heavy atom. The van der Waals surface area contributed by atoms with Crippen LogP contribution in [0, 0.1) is 17.3 Å². The topological polar surface area (TPSA) is 135 Å². The number of halogens is 1. The summed E-state index contributed by atoms with van der Waals surface area (Å²) in [5.74, 6) is -1.41. The lowest BCUT2D eigenvalue weighted by molar-refractivity contribution is -0.127. The molecule has 266 valence electrons. The van der Waals surface area contributed by atoms with Crippen molar-refractivity contribution >= 4 is 29.3 Å². The van der Waals surface area contributed by atoms with E-state index < -0.39 is 29.6 Å². The highest BCUT2D eigenvalue weighted by molar-refractivity contribution is 6.00. The number of likely N-dealkylation sites (tertiary alicyclic amines) is 1. The number of amides is 4. The lowest BCUT2D eigenvalue weighted by Gasteiger charge is -2.40. The van der Waals surface area contributed by atoms with Crippen LogP contribution in [0.4, 0.5) is 10.1 Å². The van der Waals surface area contributed by atoms with Gasteiger partial charge in [0.05, 0.1) is 13.1 Å². The Hall–Kier alpha value is -5.44. The second-order valence-corrected chi connectivity index (χ2v) is 13.5. The van der Waals surface area contributed by atoms with E-state index in [4.69, 9.17) is 4.74 Å². The van der Waals surface area contributed by atoms with Gasteiger partial charge in [-0.1, -0.05) is 49.6 Å². The number of ether oxygens (including phenoxy) is 1. The van der Waals surface area contributed by atoms with Crippen LogP contribution in [0.1, 0.15) is 83.2 Å². The summed E-state index contributed by atoms with van der Waals surface area (Å²) in [6.07, 6.45) is 8.12. The van der Waals surface area contributed by atoms with Crippen LogP contribution in [0.3, 0.4) is 0 Å². The van der Waals surface area contributed by atoms with Crippen molar-refractivity contribution in [3.63, 3.8) is 0 Å². The molecular formula is C39H43FN6O5. The molecule has 6 rings (SSSR count). The van der Waals surface area contributed by atoms with Gasteiger partial charge < -0.3 is 30.1 Å². The first-order valence-corrected chi connectivity index (χ1v) is 17.6. The Bertz CT molecular complexity index is 1810. The molecule has 51 heavy (non-hydrogen) atoms. The molecule has 3 aliphatic rings. The van der Waals surface area contributed by atoms with Gasteiger partial charge in [-0.2, -0.15) is 5.26 Å². The Balaban J connectivity index is 1.26. The maximum Gasteiger partial charge on any atom is 0.254 e. The van der Waals surface area contributed by atoms with Gasteiger partial charge in [-0.05, 0) is 66.3 Å². The van der Waals surface area contributed by atoms with Gasteiger partial charge in [0.2, 0.25) is 11.8 Å². The molecule has 2 saturated heterocycles. The van der Waals surface area contributed by atoms with E-state index in [0.29, 0.717) is 18.7 Å². The van der Waals surface area contributed by atoms with Crippen LogP contribution in [0.15, 0.2) is 66.7 Å². The molecule has 1 saturated carbocycles. The van der Waals surface area contributed by atoms with Gasteiger partial charge in [0.1, 0.15) is 23.7 Å². The zero-order chi connectivity index (χ0) is 35.9. The molecule has 3 fully saturated rings. The third-order valence-corrected chi connectivity index (χ3v) is 9.89. The van der Waals surface area contributed by atoms with Crippen molar-refractivity contribution in [1.29, 1.82) is 5.26 Å². The summed E-state index contributed by atoms with van der Waals surface area (Å²) < 4.78 is 21.0. The fraction of sp³-hybridized carbons (Fsp3) is 0.410. The van der Waals surface area contributed by atoms with E-state index in [0.717, 1.165) is 67.5 Å². The normalized spacial score (nSPS) is 19.3. The molecule has 2 heterocycles. The highest BCUT2D eigenvalue weighted by Crippen LogP contribution is 2.39. The van der Waals surface area contributed by atoms with Crippen LogP contribution in [-0.4, -0.2) is 83.2 Å². The number of carbonyl (C=O) groups is 4. The van der Waals surface area contributed by atoms with Gasteiger partial charge in [-0.3, -0.25) is 19.2 Å². The van der Waals surface area contributed by atoms with E-state index in [2.05, 4.69) is 16.8 Å². The maximum absolute atomic E-state index is 14.5. The number of nitrogens with zero attached hydrogens (tertiary/aromatic N) is 4. The maximum atomic E-state index is 14.5. The van der Waals surface area contributed by atoms with Gasteiger partial charge in [0, 0.05) is 56.3 Å². The smallest absolute Gasteiger partial charge is 0.254 e. The number of hydrogen-bond donors (Lipinski definition) is 2. The second-order valence-electron chi connectivity index (χ2n) is 13.5. The largest absolute Gasteiger partial charge is 0.488 e. The van der Waals surface area contributed by atoms with Crippen molar-refractivity contribution in [2.24, 2.45) is 0 Å². The summed E-state index contributed by atoms with van der Waals surface area (Å²) in [7, 11) is 0. The molecule has 4 amide bonds. The van der Waals surface area contributed by atoms with Crippen LogP contribution >= 0.6 is 0 Å². The van der Waals surface area contributed by atoms with Crippen molar-refractivity contribution < 1.29 is 28.3 Å². The second kappa shape index (κ2) is 16.1. The molecule has 0 spiro atoms. The first-order valence-electron chi connectivity index (χ1n) is 17.6. The van der Waals surface area contributed by atoms with Gasteiger partial charge in [-0.15, -0.1) is 0 Å². The molecular weight excluding hydrogens is 651 g/mol. The number of carbonyl (C=O) groups excluding carboxylic acids is 4. The molecule has 0 radical (unpaired) electrons. The summed E-state index contributed by atoms with van der Waals surface area (Å²) in [4.78, 5) is 58.2. The van der Waals surface area contributed by atoms with Gasteiger partial charge in [-0.25, -0.2) is 4.39 Å². The monoisotopic (exact) mass is 694 g/mol. The molecule has 1 aliphatic carbocycles. The summed E-state index contributed by atoms with van der Waals surface area (Å²) in [6.45, 7) is 2.78. The first kappa shape index (κ1) is 35.4. The Morgan fingerprint density at radius 3 is 2.39 bits per heavy atom. The summed E-state index contributed by atoms with van der Waals surface area (Å²) in [5.41, 5.74) is 2.45. The van der Waals surface area contributed by atoms with Crippen molar-refractivity contribution in [2.45, 2.75) is 70.1 Å². The minimum atomic E-state index is -1.02. The van der Waals surface area contributed by atoms with E-state index in [1.165, 1.54) is 22.8 Å². The third-order valence-electron chi connectivity index (χ3n) is 9.89. The number of benzene rings is 3. The van der Waals surface area contributed by atoms with Gasteiger partial charge in [0.15, 0.2) is 6.19 Å². The lowest BCUT2D eigenvalue weighted by Crippen LogP contribution is -2.61. The molecule has 3 aromatic carbocycles. The zero-order valence-electron chi connectivity index (χ0n) is 28.8. The van der Waals surface area contributed by atoms with Crippen molar-refractivity contribution in [3.8, 4) is 11.9 Å². The molecule has 0 aromatic heterocycles. The van der Waals surface area contributed by atoms with Crippen molar-refractivity contribution in [1.82, 2.24) is 20.0 Å². The van der Waals surface area contributed by atoms with E-state index in [-0.39, 0.29) is 55.4 Å². The number of rotatable bonds is 9. The van der Waals surface area contributed by atoms with E-state index in [9.17, 15) is 28.8 Å². The minimum Gasteiger partial charge on any atom is -0.488 e. The molecule has 0 bridgehead atoms. The molecule has 2 atom stereocenters. The van der Waals surface area contributed by atoms with Crippen molar-refractivity contribution in [3.05, 3.63) is 94.8 Å². The zero-order valence-corrected chi connectivity index (χ0v) is 28.8. The highest BCUT2D eigenvalue weighted by Gasteiger charge is 2.38. The highest BCUT2D eigenvalue weighted by atomic mass is 19.1. The van der Waals surface area contributed by atoms with Crippen LogP contribution in [-0.2, 0) is 16.1 Å². The third kappa shape index (κ3) is 8.66. The number of piperazine rings is 1. The summed E-state index contributed by atoms with van der Waals surface area (Å²) >= 11 is 0. The standard InChI is InChI=1S/C39H43FN6O5/c1-26(47)43-32-19-30(18-31(40)21-32)38(49)45-16-17-46(35(24-45)37(48)42-22-27-8-4-2-5-9-27)39(50)29-12-13-36(51-33-14-15-44(23-33)25-41)34(20-29)28-10-6-3-7-11-28/h2,4-5,8-9,12-13,18-21,28,33,35H,3,6-7,10-11,14-17,22-24H2,1H3,(H,42,48)(H,43,47)/t33-,35?/m0/s1. The van der Waals surface area contributed by atoms with Gasteiger partial charge >= 0.3 is 0 Å². The fourth-order valence-electron chi connectivity index (χ4n) is 7.29. The Morgan fingerprint density at radius 1 is 0.882 bits per heavy atom. The number of anilines is 1. The Labute approximate surface area is 297 Å². The molecule has 3 aromatic rings. The average Bonchev–Trinajstić information content (AvgIpc) is 3.61. The number of nitrogens with one attached hydrogen (secondary N) is 2. The van der Waals surface area contributed by atoms with Gasteiger partial charge in [0.25, 0.3) is 11.8 Å². The summed E-state index contributed by atoms with van der Waals surface area (Å²) in [6, 6.07) is 17.5. The lowest BCUT2D eigenvalue weighted by atomic mass is 9.83.